The van der Waals surface area contributed by atoms with Crippen molar-refractivity contribution in [1.29, 1.82) is 0 Å². The quantitative estimate of drug-likeness (QED) is 0.464. The van der Waals surface area contributed by atoms with Crippen molar-refractivity contribution in [2.75, 3.05) is 0 Å². The van der Waals surface area contributed by atoms with Gasteiger partial charge in [0.2, 0.25) is 10.0 Å². The van der Waals surface area contributed by atoms with Crippen molar-refractivity contribution in [2.45, 2.75) is 71.2 Å². The van der Waals surface area contributed by atoms with Gasteiger partial charge >= 0.3 is 0 Å². The molecule has 2 rings (SSSR count). The van der Waals surface area contributed by atoms with E-state index in [1.54, 1.807) is 4.31 Å². The molecule has 1 unspecified atom stereocenters. The Morgan fingerprint density at radius 2 is 1.58 bits per heavy atom. The minimum atomic E-state index is -3.51. The molecule has 0 aliphatic carbocycles. The highest BCUT2D eigenvalue weighted by molar-refractivity contribution is 7.89. The van der Waals surface area contributed by atoms with Gasteiger partial charge in [0, 0.05) is 0 Å². The first kappa shape index (κ1) is 19.2. The van der Waals surface area contributed by atoms with Crippen LogP contribution in [-0.4, -0.2) is 32.9 Å². The maximum atomic E-state index is 13.3. The van der Waals surface area contributed by atoms with Crippen LogP contribution < -0.4 is 0 Å². The lowest BCUT2D eigenvalue weighted by molar-refractivity contribution is 0.517. The van der Waals surface area contributed by atoms with Crippen molar-refractivity contribution in [3.05, 3.63) is 28.8 Å². The third kappa shape index (κ3) is 3.77. The van der Waals surface area contributed by atoms with E-state index in [9.17, 15) is 8.42 Å². The molecule has 0 amide bonds. The van der Waals surface area contributed by atoms with E-state index >= 15 is 0 Å². The Labute approximate surface area is 148 Å². The molecule has 0 saturated carbocycles. The van der Waals surface area contributed by atoms with E-state index in [0.717, 1.165) is 16.7 Å². The first-order chi connectivity index (χ1) is 10.9. The van der Waals surface area contributed by atoms with Crippen molar-refractivity contribution >= 4 is 18.1 Å². The zero-order chi connectivity index (χ0) is 18.4. The Hall–Kier alpha value is -1.09. The van der Waals surface area contributed by atoms with Crippen LogP contribution in [0.25, 0.3) is 0 Å². The molecule has 3 atom stereocenters. The van der Waals surface area contributed by atoms with Gasteiger partial charge in [-0.15, -0.1) is 5.54 Å². The second-order valence-corrected chi connectivity index (χ2v) is 14.8. The first-order valence-electron chi connectivity index (χ1n) is 8.50. The monoisotopic (exact) mass is 363 g/mol. The summed E-state index contributed by atoms with van der Waals surface area (Å²) in [7, 11) is -5.03. The van der Waals surface area contributed by atoms with Crippen LogP contribution in [-0.2, 0) is 10.0 Å². The number of nitrogens with zero attached hydrogens (tertiary/aromatic N) is 1. The van der Waals surface area contributed by atoms with Gasteiger partial charge in [-0.2, -0.15) is 4.31 Å². The van der Waals surface area contributed by atoms with Crippen molar-refractivity contribution in [2.24, 2.45) is 5.92 Å². The van der Waals surface area contributed by atoms with Gasteiger partial charge in [0.1, 0.15) is 14.1 Å². The van der Waals surface area contributed by atoms with Crippen LogP contribution in [0.4, 0.5) is 0 Å². The maximum Gasteiger partial charge on any atom is 0.245 e. The molecular weight excluding hydrogens is 334 g/mol. The molecule has 0 spiro atoms. The highest BCUT2D eigenvalue weighted by Crippen LogP contribution is 2.41. The fraction of sp³-hybridized carbons (Fsp3) is 0.579. The van der Waals surface area contributed by atoms with E-state index in [1.165, 1.54) is 0 Å². The molecule has 1 heterocycles. The van der Waals surface area contributed by atoms with Crippen molar-refractivity contribution in [3.63, 3.8) is 0 Å². The molecular formula is C19H29NO2SSi. The summed E-state index contributed by atoms with van der Waals surface area (Å²) in [6.45, 7) is 16.4. The predicted molar refractivity (Wildman–Crippen MR) is 103 cm³/mol. The fourth-order valence-electron chi connectivity index (χ4n) is 3.32. The largest absolute Gasteiger partial charge is 0.245 e. The summed E-state index contributed by atoms with van der Waals surface area (Å²) in [5.41, 5.74) is 6.07. The molecule has 0 radical (unpaired) electrons. The van der Waals surface area contributed by atoms with Crippen LogP contribution in [0.15, 0.2) is 17.0 Å². The second-order valence-electron chi connectivity index (χ2n) is 8.26. The molecule has 132 valence electrons. The maximum absolute atomic E-state index is 13.3. The van der Waals surface area contributed by atoms with Gasteiger partial charge in [-0.05, 0) is 37.8 Å². The number of hydrogen-bond donors (Lipinski definition) is 0. The van der Waals surface area contributed by atoms with E-state index in [0.29, 0.717) is 4.90 Å². The first-order valence-corrected chi connectivity index (χ1v) is 13.4. The summed E-state index contributed by atoms with van der Waals surface area (Å²) < 4.78 is 28.2. The number of hydrogen-bond acceptors (Lipinski definition) is 2. The molecule has 1 aliphatic rings. The molecule has 1 aromatic carbocycles. The third-order valence-electron chi connectivity index (χ3n) is 4.22. The minimum Gasteiger partial charge on any atom is -0.207 e. The topological polar surface area (TPSA) is 37.1 Å². The van der Waals surface area contributed by atoms with Gasteiger partial charge in [-0.25, -0.2) is 8.42 Å². The van der Waals surface area contributed by atoms with Crippen molar-refractivity contribution in [3.8, 4) is 11.5 Å². The van der Waals surface area contributed by atoms with E-state index in [-0.39, 0.29) is 18.0 Å². The third-order valence-corrected chi connectivity index (χ3v) is 7.30. The summed E-state index contributed by atoms with van der Waals surface area (Å²) in [5.74, 6) is 3.52. The Balaban J connectivity index is 2.47. The van der Waals surface area contributed by atoms with E-state index < -0.39 is 18.1 Å². The zero-order valence-corrected chi connectivity index (χ0v) is 17.9. The highest BCUT2D eigenvalue weighted by atomic mass is 32.2. The van der Waals surface area contributed by atoms with E-state index in [1.807, 2.05) is 32.9 Å². The fourth-order valence-corrected chi connectivity index (χ4v) is 6.14. The second kappa shape index (κ2) is 6.33. The predicted octanol–water partition coefficient (Wildman–Crippen LogP) is 3.89. The summed E-state index contributed by atoms with van der Waals surface area (Å²) >= 11 is 0. The standard InChI is InChI=1S/C19H29NO2SSi/c1-13(2)18-17(9-10-24(6,7)8)20(18)23(21,22)19-15(4)11-14(3)12-16(19)5/h11-13,17-18H,1-8H3/t17-,18+,20?/m1/s1. The number of rotatable bonds is 3. The molecule has 1 fully saturated rings. The van der Waals surface area contributed by atoms with Crippen molar-refractivity contribution in [1.82, 2.24) is 4.31 Å². The lowest BCUT2D eigenvalue weighted by Crippen LogP contribution is -2.20. The zero-order valence-electron chi connectivity index (χ0n) is 16.1. The van der Waals surface area contributed by atoms with E-state index in [4.69, 9.17) is 0 Å². The average Bonchev–Trinajstić information content (AvgIpc) is 3.08. The molecule has 1 saturated heterocycles. The van der Waals surface area contributed by atoms with Crippen molar-refractivity contribution < 1.29 is 8.42 Å². The smallest absolute Gasteiger partial charge is 0.207 e. The molecule has 24 heavy (non-hydrogen) atoms. The average molecular weight is 364 g/mol. The molecule has 1 aliphatic heterocycles. The van der Waals surface area contributed by atoms with Crippen LogP contribution >= 0.6 is 0 Å². The van der Waals surface area contributed by atoms with Crippen LogP contribution in [0.5, 0.6) is 0 Å². The van der Waals surface area contributed by atoms with Gasteiger partial charge in [-0.1, -0.05) is 57.1 Å². The SMILES string of the molecule is Cc1cc(C)c(S(=O)(=O)N2[C@H](C#C[Si](C)(C)C)[C@@H]2C(C)C)c(C)c1. The van der Waals surface area contributed by atoms with Crippen LogP contribution in [0.2, 0.25) is 19.6 Å². The highest BCUT2D eigenvalue weighted by Gasteiger charge is 2.56. The van der Waals surface area contributed by atoms with Gasteiger partial charge < -0.3 is 0 Å². The summed E-state index contributed by atoms with van der Waals surface area (Å²) in [5, 5.41) is 0. The van der Waals surface area contributed by atoms with Crippen LogP contribution in [0.1, 0.15) is 30.5 Å². The number of sulfonamides is 1. The molecule has 0 N–H and O–H groups in total. The summed E-state index contributed by atoms with van der Waals surface area (Å²) in [4.78, 5) is 0.455. The van der Waals surface area contributed by atoms with Gasteiger partial charge in [0.15, 0.2) is 0 Å². The van der Waals surface area contributed by atoms with Gasteiger partial charge in [0.25, 0.3) is 0 Å². The Kier molecular flexibility index (Phi) is 5.07. The number of benzene rings is 1. The minimum absolute atomic E-state index is 0.0149. The molecule has 0 bridgehead atoms. The normalized spacial score (nSPS) is 23.8. The lowest BCUT2D eigenvalue weighted by atomic mass is 10.1. The summed E-state index contributed by atoms with van der Waals surface area (Å²) in [6.07, 6.45) is 0. The van der Waals surface area contributed by atoms with Crippen LogP contribution in [0.3, 0.4) is 0 Å². The van der Waals surface area contributed by atoms with Gasteiger partial charge in [0.05, 0.1) is 10.9 Å². The Morgan fingerprint density at radius 3 is 2.00 bits per heavy atom. The van der Waals surface area contributed by atoms with Crippen LogP contribution in [0, 0.1) is 38.2 Å². The lowest BCUT2D eigenvalue weighted by Gasteiger charge is -2.14. The number of aryl methyl sites for hydroxylation is 3. The van der Waals surface area contributed by atoms with E-state index in [2.05, 4.69) is 45.0 Å². The Morgan fingerprint density at radius 1 is 1.08 bits per heavy atom. The Bertz CT molecular complexity index is 787. The molecule has 0 aromatic heterocycles. The molecule has 3 nitrogen and oxygen atoms in total. The molecule has 5 heteroatoms. The van der Waals surface area contributed by atoms with Gasteiger partial charge in [-0.3, -0.25) is 0 Å². The summed E-state index contributed by atoms with van der Waals surface area (Å²) in [6, 6.07) is 3.69. The molecule has 1 aromatic rings.